The lowest BCUT2D eigenvalue weighted by Gasteiger charge is -2.34. The number of hydrogen-bond acceptors (Lipinski definition) is 4. The van der Waals surface area contributed by atoms with Gasteiger partial charge in [0.25, 0.3) is 5.91 Å². The van der Waals surface area contributed by atoms with Crippen molar-refractivity contribution in [1.29, 1.82) is 0 Å². The Hall–Kier alpha value is -2.57. The van der Waals surface area contributed by atoms with Gasteiger partial charge in [0.05, 0.1) is 12.1 Å². The fourth-order valence-corrected chi connectivity index (χ4v) is 4.40. The first-order chi connectivity index (χ1) is 15.1. The quantitative estimate of drug-likeness (QED) is 0.467. The van der Waals surface area contributed by atoms with Crippen LogP contribution in [0.5, 0.6) is 0 Å². The predicted molar refractivity (Wildman–Crippen MR) is 133 cm³/mol. The zero-order valence-electron chi connectivity index (χ0n) is 17.8. The molecule has 0 radical (unpaired) electrons. The predicted octanol–water partition coefficient (Wildman–Crippen LogP) is 4.70. The Balaban J connectivity index is 0.00000289. The van der Waals surface area contributed by atoms with Crippen LogP contribution in [0.4, 0.5) is 11.4 Å². The molecular weight excluding hydrogens is 445 g/mol. The Bertz CT molecular complexity index is 1060. The third kappa shape index (κ3) is 5.25. The van der Waals surface area contributed by atoms with Crippen molar-refractivity contribution < 1.29 is 9.90 Å². The molecule has 4 rings (SSSR count). The van der Waals surface area contributed by atoms with E-state index in [-0.39, 0.29) is 24.4 Å². The second kappa shape index (κ2) is 10.8. The van der Waals surface area contributed by atoms with E-state index in [0.717, 1.165) is 35.5 Å². The molecule has 3 N–H and O–H groups in total. The largest absolute Gasteiger partial charge is 0.389 e. The van der Waals surface area contributed by atoms with E-state index in [1.165, 1.54) is 0 Å². The van der Waals surface area contributed by atoms with Gasteiger partial charge in [0.15, 0.2) is 0 Å². The molecule has 32 heavy (non-hydrogen) atoms. The minimum Gasteiger partial charge on any atom is -0.389 e. The Morgan fingerprint density at radius 3 is 2.59 bits per heavy atom. The van der Waals surface area contributed by atoms with Crippen molar-refractivity contribution >= 4 is 41.3 Å². The molecule has 2 atom stereocenters. The van der Waals surface area contributed by atoms with Crippen LogP contribution >= 0.6 is 24.0 Å². The summed E-state index contributed by atoms with van der Waals surface area (Å²) in [6, 6.07) is 22.8. The molecule has 1 heterocycles. The lowest BCUT2D eigenvalue weighted by Crippen LogP contribution is -2.40. The molecule has 0 aromatic heterocycles. The molecule has 3 aromatic rings. The van der Waals surface area contributed by atoms with E-state index < -0.39 is 6.10 Å². The summed E-state index contributed by atoms with van der Waals surface area (Å²) in [6.45, 7) is 1.31. The highest BCUT2D eigenvalue weighted by atomic mass is 35.5. The molecule has 5 nitrogen and oxygen atoms in total. The number of anilines is 2. The number of halogens is 2. The van der Waals surface area contributed by atoms with Gasteiger partial charge in [0, 0.05) is 35.1 Å². The lowest BCUT2D eigenvalue weighted by molar-refractivity contribution is 0.102. The Morgan fingerprint density at radius 2 is 1.88 bits per heavy atom. The monoisotopic (exact) mass is 471 g/mol. The number of likely N-dealkylation sites (N-methyl/N-ethyl adjacent to an activating group) is 1. The Kier molecular flexibility index (Phi) is 8.15. The van der Waals surface area contributed by atoms with Gasteiger partial charge in [0.2, 0.25) is 0 Å². The molecule has 1 aliphatic rings. The first-order valence-electron chi connectivity index (χ1n) is 10.4. The smallest absolute Gasteiger partial charge is 0.255 e. The molecule has 168 valence electrons. The highest BCUT2D eigenvalue weighted by molar-refractivity contribution is 6.31. The van der Waals surface area contributed by atoms with E-state index in [0.29, 0.717) is 17.1 Å². The van der Waals surface area contributed by atoms with E-state index in [2.05, 4.69) is 27.7 Å². The number of aliphatic hydroxyl groups is 1. The van der Waals surface area contributed by atoms with Gasteiger partial charge in [-0.2, -0.15) is 0 Å². The highest BCUT2D eigenvalue weighted by Crippen LogP contribution is 2.38. The van der Waals surface area contributed by atoms with Crippen LogP contribution in [0.15, 0.2) is 72.8 Å². The molecule has 0 saturated carbocycles. The fraction of sp³-hybridized carbons (Fsp3) is 0.240. The molecule has 0 aliphatic carbocycles. The number of amides is 1. The van der Waals surface area contributed by atoms with Crippen molar-refractivity contribution in [3.05, 3.63) is 94.5 Å². The van der Waals surface area contributed by atoms with E-state index in [9.17, 15) is 9.90 Å². The number of rotatable bonds is 7. The van der Waals surface area contributed by atoms with Crippen LogP contribution in [0.1, 0.15) is 27.5 Å². The normalized spacial score (nSPS) is 14.3. The summed E-state index contributed by atoms with van der Waals surface area (Å²) in [5.74, 6) is -0.191. The fourth-order valence-electron chi connectivity index (χ4n) is 4.21. The number of aliphatic hydroxyl groups excluding tert-OH is 1. The Morgan fingerprint density at radius 1 is 1.09 bits per heavy atom. The van der Waals surface area contributed by atoms with Gasteiger partial charge in [-0.25, -0.2) is 0 Å². The van der Waals surface area contributed by atoms with Crippen LogP contribution in [-0.4, -0.2) is 37.3 Å². The molecule has 0 saturated heterocycles. The van der Waals surface area contributed by atoms with E-state index >= 15 is 0 Å². The molecule has 0 unspecified atom stereocenters. The van der Waals surface area contributed by atoms with Crippen molar-refractivity contribution in [2.45, 2.75) is 18.6 Å². The summed E-state index contributed by atoms with van der Waals surface area (Å²) in [4.78, 5) is 14.8. The number of fused-ring (bicyclic) bond motifs is 1. The van der Waals surface area contributed by atoms with Crippen LogP contribution in [0, 0.1) is 0 Å². The van der Waals surface area contributed by atoms with E-state index in [1.807, 2.05) is 43.4 Å². The first-order valence-corrected chi connectivity index (χ1v) is 10.8. The van der Waals surface area contributed by atoms with Gasteiger partial charge >= 0.3 is 0 Å². The topological polar surface area (TPSA) is 64.6 Å². The average molecular weight is 472 g/mol. The maximum Gasteiger partial charge on any atom is 0.255 e. The van der Waals surface area contributed by atoms with E-state index in [1.54, 1.807) is 24.3 Å². The minimum absolute atomic E-state index is 0. The zero-order chi connectivity index (χ0) is 21.8. The van der Waals surface area contributed by atoms with Crippen LogP contribution in [-0.2, 0) is 6.42 Å². The number of nitrogens with zero attached hydrogens (tertiary/aromatic N) is 1. The standard InChI is InChI=1S/C25H26ClN3O2.ClH/c1-27-16-23(30)24(17-6-3-2-4-7-17)29-13-12-18-15-21(10-11-22(18)29)28-25(31)19-8-5-9-20(26)14-19;/h2-11,14-15,23-24,27,30H,12-13,16H2,1H3,(H,28,31);1H/t23-,24+;/m1./s1. The third-order valence-corrected chi connectivity index (χ3v) is 5.85. The number of hydrogen-bond donors (Lipinski definition) is 3. The number of nitrogens with one attached hydrogen (secondary N) is 2. The average Bonchev–Trinajstić information content (AvgIpc) is 3.18. The summed E-state index contributed by atoms with van der Waals surface area (Å²) < 4.78 is 0. The van der Waals surface area contributed by atoms with Crippen LogP contribution in [0.25, 0.3) is 0 Å². The van der Waals surface area contributed by atoms with Gasteiger partial charge in [-0.15, -0.1) is 12.4 Å². The van der Waals surface area contributed by atoms with Crippen LogP contribution in [0.2, 0.25) is 5.02 Å². The van der Waals surface area contributed by atoms with Gasteiger partial charge in [-0.1, -0.05) is 48.0 Å². The number of carbonyl (C=O) groups is 1. The number of benzene rings is 3. The number of carbonyl (C=O) groups excluding carboxylic acids is 1. The summed E-state index contributed by atoms with van der Waals surface area (Å²) in [5, 5.41) is 17.5. The summed E-state index contributed by atoms with van der Waals surface area (Å²) in [7, 11) is 1.85. The first kappa shape index (κ1) is 24.1. The zero-order valence-corrected chi connectivity index (χ0v) is 19.4. The highest BCUT2D eigenvalue weighted by Gasteiger charge is 2.32. The van der Waals surface area contributed by atoms with Crippen LogP contribution in [0.3, 0.4) is 0 Å². The minimum atomic E-state index is -0.555. The van der Waals surface area contributed by atoms with Crippen LogP contribution < -0.4 is 15.5 Å². The molecule has 1 amide bonds. The lowest BCUT2D eigenvalue weighted by atomic mass is 9.99. The van der Waals surface area contributed by atoms with Crippen molar-refractivity contribution in [3.63, 3.8) is 0 Å². The second-order valence-corrected chi connectivity index (χ2v) is 8.17. The second-order valence-electron chi connectivity index (χ2n) is 7.73. The molecule has 0 spiro atoms. The van der Waals surface area contributed by atoms with Crippen molar-refractivity contribution in [1.82, 2.24) is 5.32 Å². The van der Waals surface area contributed by atoms with Gasteiger partial charge in [0.1, 0.15) is 0 Å². The van der Waals surface area contributed by atoms with Gasteiger partial charge in [-0.3, -0.25) is 4.79 Å². The SMILES string of the molecule is CNC[C@@H](O)[C@H](c1ccccc1)N1CCc2cc(NC(=O)c3cccc(Cl)c3)ccc21.Cl. The molecule has 0 bridgehead atoms. The molecule has 7 heteroatoms. The van der Waals surface area contributed by atoms with Gasteiger partial charge in [-0.05, 0) is 61.0 Å². The maximum atomic E-state index is 12.6. The van der Waals surface area contributed by atoms with Gasteiger partial charge < -0.3 is 20.6 Å². The molecule has 3 aromatic carbocycles. The molecule has 0 fully saturated rings. The van der Waals surface area contributed by atoms with E-state index in [4.69, 9.17) is 11.6 Å². The van der Waals surface area contributed by atoms with Crippen molar-refractivity contribution in [3.8, 4) is 0 Å². The summed E-state index contributed by atoms with van der Waals surface area (Å²) in [6.07, 6.45) is 0.298. The maximum absolute atomic E-state index is 12.6. The molecule has 1 aliphatic heterocycles. The summed E-state index contributed by atoms with van der Waals surface area (Å²) >= 11 is 6.00. The molecular formula is C25H27Cl2N3O2. The third-order valence-electron chi connectivity index (χ3n) is 5.61. The van der Waals surface area contributed by atoms with Crippen molar-refractivity contribution in [2.75, 3.05) is 30.4 Å². The van der Waals surface area contributed by atoms with Crippen molar-refractivity contribution in [2.24, 2.45) is 0 Å². The summed E-state index contributed by atoms with van der Waals surface area (Å²) in [5.41, 5.74) is 4.59. The Labute approximate surface area is 199 Å².